The minimum atomic E-state index is -0.512. The highest BCUT2D eigenvalue weighted by Crippen LogP contribution is 2.23. The molecular formula is C25H24O5. The lowest BCUT2D eigenvalue weighted by Gasteiger charge is -2.14. The van der Waals surface area contributed by atoms with Gasteiger partial charge in [0, 0.05) is 5.56 Å². The van der Waals surface area contributed by atoms with Gasteiger partial charge >= 0.3 is 5.97 Å². The fourth-order valence-electron chi connectivity index (χ4n) is 2.87. The number of ether oxygens (including phenoxy) is 3. The van der Waals surface area contributed by atoms with Gasteiger partial charge in [0.15, 0.2) is 0 Å². The van der Waals surface area contributed by atoms with Crippen LogP contribution >= 0.6 is 0 Å². The van der Waals surface area contributed by atoms with Crippen LogP contribution in [0.2, 0.25) is 0 Å². The minimum Gasteiger partial charge on any atom is -0.490 e. The third-order valence-corrected chi connectivity index (χ3v) is 4.52. The molecule has 0 fully saturated rings. The van der Waals surface area contributed by atoms with Crippen LogP contribution in [0.1, 0.15) is 37.4 Å². The molecule has 0 saturated heterocycles. The predicted molar refractivity (Wildman–Crippen MR) is 114 cm³/mol. The largest absolute Gasteiger partial charge is 0.490 e. The summed E-state index contributed by atoms with van der Waals surface area (Å²) in [5, 5.41) is 0. The molecule has 3 aromatic rings. The fourth-order valence-corrected chi connectivity index (χ4v) is 2.87. The van der Waals surface area contributed by atoms with Crippen LogP contribution in [0.3, 0.4) is 0 Å². The Labute approximate surface area is 176 Å². The highest BCUT2D eigenvalue weighted by atomic mass is 16.5. The first-order valence-corrected chi connectivity index (χ1v) is 9.70. The first-order valence-electron chi connectivity index (χ1n) is 9.70. The quantitative estimate of drug-likeness (QED) is 0.287. The average Bonchev–Trinajstić information content (AvgIpc) is 2.77. The minimum absolute atomic E-state index is 0.157. The Morgan fingerprint density at radius 3 is 2.33 bits per heavy atom. The molecule has 0 aliphatic heterocycles. The number of hydrogen-bond donors (Lipinski definition) is 0. The summed E-state index contributed by atoms with van der Waals surface area (Å²) in [6.07, 6.45) is 0.707. The maximum absolute atomic E-state index is 12.6. The fraction of sp³-hybridized carbons (Fsp3) is 0.200. The van der Waals surface area contributed by atoms with Gasteiger partial charge in [0.1, 0.15) is 43.2 Å². The van der Waals surface area contributed by atoms with E-state index in [1.54, 1.807) is 6.07 Å². The van der Waals surface area contributed by atoms with Gasteiger partial charge in [0.05, 0.1) is 0 Å². The van der Waals surface area contributed by atoms with Gasteiger partial charge in [-0.15, -0.1) is 0 Å². The molecule has 0 radical (unpaired) electrons. The molecule has 0 saturated carbocycles. The molecule has 0 spiro atoms. The monoisotopic (exact) mass is 404 g/mol. The third-order valence-electron chi connectivity index (χ3n) is 4.52. The predicted octanol–water partition coefficient (Wildman–Crippen LogP) is 4.93. The van der Waals surface area contributed by atoms with E-state index in [9.17, 15) is 9.59 Å². The van der Waals surface area contributed by atoms with Crippen LogP contribution in [0.15, 0.2) is 66.7 Å². The molecule has 154 valence electrons. The van der Waals surface area contributed by atoms with Crippen molar-refractivity contribution in [2.45, 2.75) is 20.5 Å². The summed E-state index contributed by atoms with van der Waals surface area (Å²) in [6, 6.07) is 20.0. The molecule has 30 heavy (non-hydrogen) atoms. The molecule has 0 unspecified atom stereocenters. The first kappa shape index (κ1) is 21.1. The van der Waals surface area contributed by atoms with Gasteiger partial charge in [-0.25, -0.2) is 4.79 Å². The lowest BCUT2D eigenvalue weighted by Crippen LogP contribution is -2.13. The Kier molecular flexibility index (Phi) is 7.22. The van der Waals surface area contributed by atoms with Crippen molar-refractivity contribution in [3.63, 3.8) is 0 Å². The Balaban J connectivity index is 1.63. The van der Waals surface area contributed by atoms with Crippen molar-refractivity contribution in [2.24, 2.45) is 0 Å². The Hall–Kier alpha value is -3.60. The van der Waals surface area contributed by atoms with E-state index in [0.29, 0.717) is 24.2 Å². The SMILES string of the molecule is Cc1ccc(C)c(OCCOc2cc(C=O)ccc2C(=O)OCc2ccccc2)c1. The smallest absolute Gasteiger partial charge is 0.342 e. The van der Waals surface area contributed by atoms with Gasteiger partial charge in [0.25, 0.3) is 0 Å². The molecule has 0 aliphatic carbocycles. The van der Waals surface area contributed by atoms with E-state index in [-0.39, 0.29) is 18.8 Å². The van der Waals surface area contributed by atoms with Crippen molar-refractivity contribution in [2.75, 3.05) is 13.2 Å². The zero-order chi connectivity index (χ0) is 21.3. The molecule has 3 aromatic carbocycles. The molecule has 5 nitrogen and oxygen atoms in total. The van der Waals surface area contributed by atoms with E-state index in [0.717, 1.165) is 22.4 Å². The van der Waals surface area contributed by atoms with Crippen molar-refractivity contribution < 1.29 is 23.8 Å². The Morgan fingerprint density at radius 1 is 0.867 bits per heavy atom. The number of hydrogen-bond acceptors (Lipinski definition) is 5. The summed E-state index contributed by atoms with van der Waals surface area (Å²) in [5.41, 5.74) is 3.72. The van der Waals surface area contributed by atoms with Crippen molar-refractivity contribution in [3.8, 4) is 11.5 Å². The van der Waals surface area contributed by atoms with E-state index < -0.39 is 5.97 Å². The second-order valence-electron chi connectivity index (χ2n) is 6.90. The Bertz CT molecular complexity index is 1010. The summed E-state index contributed by atoms with van der Waals surface area (Å²) >= 11 is 0. The van der Waals surface area contributed by atoms with Gasteiger partial charge in [-0.05, 0) is 48.7 Å². The van der Waals surface area contributed by atoms with Crippen LogP contribution in [-0.2, 0) is 11.3 Å². The van der Waals surface area contributed by atoms with Crippen molar-refractivity contribution >= 4 is 12.3 Å². The van der Waals surface area contributed by atoms with Crippen LogP contribution in [0.25, 0.3) is 0 Å². The average molecular weight is 404 g/mol. The van der Waals surface area contributed by atoms with E-state index in [1.165, 1.54) is 12.1 Å². The molecule has 0 heterocycles. The van der Waals surface area contributed by atoms with Gasteiger partial charge < -0.3 is 14.2 Å². The van der Waals surface area contributed by atoms with Crippen LogP contribution in [0, 0.1) is 13.8 Å². The summed E-state index contributed by atoms with van der Waals surface area (Å²) in [6.45, 7) is 4.65. The molecule has 0 aromatic heterocycles. The highest BCUT2D eigenvalue weighted by Gasteiger charge is 2.15. The molecule has 0 atom stereocenters. The number of esters is 1. The van der Waals surface area contributed by atoms with Gasteiger partial charge in [-0.3, -0.25) is 4.79 Å². The van der Waals surface area contributed by atoms with Gasteiger partial charge in [-0.2, -0.15) is 0 Å². The summed E-state index contributed by atoms with van der Waals surface area (Å²) in [5.74, 6) is 0.576. The summed E-state index contributed by atoms with van der Waals surface area (Å²) in [7, 11) is 0. The molecule has 0 aliphatic rings. The normalized spacial score (nSPS) is 10.3. The standard InChI is InChI=1S/C25H24O5/c1-18-8-9-19(2)23(14-18)28-12-13-29-24-15-21(16-26)10-11-22(24)25(27)30-17-20-6-4-3-5-7-20/h3-11,14-16H,12-13,17H2,1-2H3. The Morgan fingerprint density at radius 2 is 1.60 bits per heavy atom. The first-order chi connectivity index (χ1) is 14.6. The summed E-state index contributed by atoms with van der Waals surface area (Å²) in [4.78, 5) is 23.7. The summed E-state index contributed by atoms with van der Waals surface area (Å²) < 4.78 is 16.9. The lowest BCUT2D eigenvalue weighted by atomic mass is 10.1. The third kappa shape index (κ3) is 5.70. The number of rotatable bonds is 9. The topological polar surface area (TPSA) is 61.8 Å². The van der Waals surface area contributed by atoms with Crippen LogP contribution in [0.5, 0.6) is 11.5 Å². The van der Waals surface area contributed by atoms with Crippen molar-refractivity contribution in [3.05, 3.63) is 94.5 Å². The zero-order valence-electron chi connectivity index (χ0n) is 17.1. The number of carbonyl (C=O) groups excluding carboxylic acids is 2. The van der Waals surface area contributed by atoms with Gasteiger partial charge in [-0.1, -0.05) is 48.5 Å². The molecule has 3 rings (SSSR count). The maximum Gasteiger partial charge on any atom is 0.342 e. The number of benzene rings is 3. The zero-order valence-corrected chi connectivity index (χ0v) is 17.1. The second-order valence-corrected chi connectivity index (χ2v) is 6.90. The van der Waals surface area contributed by atoms with E-state index >= 15 is 0 Å². The highest BCUT2D eigenvalue weighted by molar-refractivity contribution is 5.93. The number of aryl methyl sites for hydroxylation is 2. The van der Waals surface area contributed by atoms with E-state index in [2.05, 4.69) is 0 Å². The molecular weight excluding hydrogens is 380 g/mol. The maximum atomic E-state index is 12.6. The number of aldehydes is 1. The van der Waals surface area contributed by atoms with E-state index in [4.69, 9.17) is 14.2 Å². The number of carbonyl (C=O) groups is 2. The van der Waals surface area contributed by atoms with Crippen molar-refractivity contribution in [1.82, 2.24) is 0 Å². The van der Waals surface area contributed by atoms with Crippen LogP contribution in [0.4, 0.5) is 0 Å². The molecule has 0 N–H and O–H groups in total. The van der Waals surface area contributed by atoms with Crippen LogP contribution in [-0.4, -0.2) is 25.5 Å². The second kappa shape index (κ2) is 10.3. The van der Waals surface area contributed by atoms with E-state index in [1.807, 2.05) is 62.4 Å². The molecule has 5 heteroatoms. The molecule has 0 amide bonds. The molecule has 0 bridgehead atoms. The van der Waals surface area contributed by atoms with Gasteiger partial charge in [0.2, 0.25) is 0 Å². The lowest BCUT2D eigenvalue weighted by molar-refractivity contribution is 0.0467. The van der Waals surface area contributed by atoms with Crippen molar-refractivity contribution in [1.29, 1.82) is 0 Å². The van der Waals surface area contributed by atoms with Crippen LogP contribution < -0.4 is 9.47 Å².